The topological polar surface area (TPSA) is 26.1 Å². The lowest BCUT2D eigenvalue weighted by atomic mass is 9.91. The molecule has 1 N–H and O–H groups in total. The summed E-state index contributed by atoms with van der Waals surface area (Å²) in [5, 5.41) is 0. The van der Waals surface area contributed by atoms with Gasteiger partial charge in [0.15, 0.2) is 0 Å². The van der Waals surface area contributed by atoms with Gasteiger partial charge in [-0.25, -0.2) is 5.43 Å². The third kappa shape index (κ3) is 1.09. The zero-order valence-corrected chi connectivity index (χ0v) is 6.14. The molecule has 0 aromatic carbocycles. The summed E-state index contributed by atoms with van der Waals surface area (Å²) in [6.07, 6.45) is 7.48. The first-order valence-electron chi connectivity index (χ1n) is 4.08. The molecule has 1 atom stereocenters. The van der Waals surface area contributed by atoms with Gasteiger partial charge < -0.3 is 0 Å². The van der Waals surface area contributed by atoms with Crippen molar-refractivity contribution in [2.24, 2.45) is 0 Å². The fraction of sp³-hybridized carbons (Fsp3) is 0.750. The lowest BCUT2D eigenvalue weighted by molar-refractivity contribution is 0.372. The molecule has 2 rings (SSSR count). The molecule has 0 saturated carbocycles. The van der Waals surface area contributed by atoms with Crippen LogP contribution in [0.25, 0.3) is 0 Å². The fourth-order valence-corrected chi connectivity index (χ4v) is 1.72. The van der Waals surface area contributed by atoms with Gasteiger partial charge in [-0.3, -0.25) is 0 Å². The Morgan fingerprint density at radius 2 is 2.60 bits per heavy atom. The molecule has 0 spiro atoms. The zero-order valence-electron chi connectivity index (χ0n) is 6.14. The molecule has 0 aromatic heterocycles. The number of rotatable bonds is 0. The van der Waals surface area contributed by atoms with Crippen LogP contribution in [0, 0.1) is 0 Å². The SMILES string of the molecule is C1=C2CC[N]NC2CCC1. The summed E-state index contributed by atoms with van der Waals surface area (Å²) in [7, 11) is 0. The summed E-state index contributed by atoms with van der Waals surface area (Å²) < 4.78 is 0. The summed E-state index contributed by atoms with van der Waals surface area (Å²) in [5.41, 5.74) is 8.95. The van der Waals surface area contributed by atoms with E-state index in [4.69, 9.17) is 0 Å². The highest BCUT2D eigenvalue weighted by atomic mass is 15.4. The van der Waals surface area contributed by atoms with E-state index in [1.807, 2.05) is 0 Å². The van der Waals surface area contributed by atoms with Gasteiger partial charge in [-0.05, 0) is 25.7 Å². The number of hydrogen-bond donors (Lipinski definition) is 1. The lowest BCUT2D eigenvalue weighted by Gasteiger charge is -2.28. The van der Waals surface area contributed by atoms with Crippen LogP contribution in [0.1, 0.15) is 25.7 Å². The Labute approximate surface area is 61.7 Å². The van der Waals surface area contributed by atoms with Crippen molar-refractivity contribution in [1.82, 2.24) is 10.9 Å². The molecule has 1 aliphatic carbocycles. The van der Waals surface area contributed by atoms with E-state index in [1.165, 1.54) is 25.7 Å². The Hall–Kier alpha value is -0.340. The van der Waals surface area contributed by atoms with Gasteiger partial charge in [-0.15, -0.1) is 0 Å². The number of allylic oxidation sites excluding steroid dienone is 1. The Morgan fingerprint density at radius 3 is 3.50 bits per heavy atom. The number of nitrogens with one attached hydrogen (secondary N) is 1. The summed E-state index contributed by atoms with van der Waals surface area (Å²) in [4.78, 5) is 0. The Balaban J connectivity index is 2.08. The molecule has 1 heterocycles. The average Bonchev–Trinajstić information content (AvgIpc) is 2.05. The monoisotopic (exact) mass is 137 g/mol. The molecule has 0 amide bonds. The van der Waals surface area contributed by atoms with Gasteiger partial charge in [-0.2, -0.15) is 5.43 Å². The summed E-state index contributed by atoms with van der Waals surface area (Å²) >= 11 is 0. The summed E-state index contributed by atoms with van der Waals surface area (Å²) in [6, 6.07) is 0.600. The molecular formula is C8H13N2. The van der Waals surface area contributed by atoms with Crippen molar-refractivity contribution < 1.29 is 0 Å². The van der Waals surface area contributed by atoms with Crippen LogP contribution in [0.5, 0.6) is 0 Å². The van der Waals surface area contributed by atoms with Crippen molar-refractivity contribution in [2.75, 3.05) is 6.54 Å². The first-order chi connectivity index (χ1) is 4.97. The lowest BCUT2D eigenvalue weighted by Crippen LogP contribution is -2.43. The van der Waals surface area contributed by atoms with Crippen molar-refractivity contribution in [3.63, 3.8) is 0 Å². The van der Waals surface area contributed by atoms with Gasteiger partial charge in [0.25, 0.3) is 0 Å². The van der Waals surface area contributed by atoms with E-state index in [1.54, 1.807) is 5.57 Å². The van der Waals surface area contributed by atoms with E-state index in [2.05, 4.69) is 16.9 Å². The molecule has 0 bridgehead atoms. The molecule has 2 heteroatoms. The van der Waals surface area contributed by atoms with Gasteiger partial charge in [0.05, 0.1) is 0 Å². The van der Waals surface area contributed by atoms with Crippen molar-refractivity contribution >= 4 is 0 Å². The molecule has 2 nitrogen and oxygen atoms in total. The molecule has 2 aliphatic rings. The second kappa shape index (κ2) is 2.72. The number of hydrogen-bond acceptors (Lipinski definition) is 1. The van der Waals surface area contributed by atoms with Crippen molar-refractivity contribution in [2.45, 2.75) is 31.7 Å². The minimum Gasteiger partial charge on any atom is -0.233 e. The third-order valence-corrected chi connectivity index (χ3v) is 2.31. The normalized spacial score (nSPS) is 32.8. The predicted octanol–water partition coefficient (Wildman–Crippen LogP) is 0.978. The molecule has 1 radical (unpaired) electrons. The predicted molar refractivity (Wildman–Crippen MR) is 40.5 cm³/mol. The molecule has 1 aliphatic heterocycles. The summed E-state index contributed by atoms with van der Waals surface area (Å²) in [5.74, 6) is 0. The molecular weight excluding hydrogens is 124 g/mol. The number of nitrogens with zero attached hydrogens (tertiary/aromatic N) is 1. The Bertz CT molecular complexity index is 151. The van der Waals surface area contributed by atoms with Gasteiger partial charge in [-0.1, -0.05) is 11.6 Å². The molecule has 1 saturated heterocycles. The van der Waals surface area contributed by atoms with Crippen LogP contribution in [0.3, 0.4) is 0 Å². The van der Waals surface area contributed by atoms with E-state index in [0.717, 1.165) is 6.54 Å². The highest BCUT2D eigenvalue weighted by molar-refractivity contribution is 5.15. The molecule has 10 heavy (non-hydrogen) atoms. The smallest absolute Gasteiger partial charge is 0.0438 e. The summed E-state index contributed by atoms with van der Waals surface area (Å²) in [6.45, 7) is 0.975. The quantitative estimate of drug-likeness (QED) is 0.495. The maximum atomic E-state index is 4.17. The Kier molecular flexibility index (Phi) is 1.74. The first kappa shape index (κ1) is 6.38. The number of fused-ring (bicyclic) bond motifs is 1. The van der Waals surface area contributed by atoms with Crippen LogP contribution in [0.4, 0.5) is 0 Å². The molecule has 1 fully saturated rings. The van der Waals surface area contributed by atoms with Crippen molar-refractivity contribution in [3.05, 3.63) is 11.6 Å². The van der Waals surface area contributed by atoms with Gasteiger partial charge in [0.2, 0.25) is 0 Å². The highest BCUT2D eigenvalue weighted by Crippen LogP contribution is 2.22. The van der Waals surface area contributed by atoms with Crippen LogP contribution < -0.4 is 10.9 Å². The average molecular weight is 137 g/mol. The molecule has 55 valence electrons. The van der Waals surface area contributed by atoms with Crippen LogP contribution in [-0.2, 0) is 0 Å². The van der Waals surface area contributed by atoms with Crippen LogP contribution in [0.15, 0.2) is 11.6 Å². The second-order valence-corrected chi connectivity index (χ2v) is 3.02. The van der Waals surface area contributed by atoms with Crippen molar-refractivity contribution in [3.8, 4) is 0 Å². The first-order valence-corrected chi connectivity index (χ1v) is 4.08. The van der Waals surface area contributed by atoms with Gasteiger partial charge >= 0.3 is 0 Å². The van der Waals surface area contributed by atoms with Gasteiger partial charge in [0, 0.05) is 12.6 Å². The largest absolute Gasteiger partial charge is 0.233 e. The van der Waals surface area contributed by atoms with Crippen LogP contribution in [0.2, 0.25) is 0 Å². The van der Waals surface area contributed by atoms with Gasteiger partial charge in [0.1, 0.15) is 0 Å². The van der Waals surface area contributed by atoms with E-state index < -0.39 is 0 Å². The molecule has 1 unspecified atom stereocenters. The Morgan fingerprint density at radius 1 is 1.60 bits per heavy atom. The fourth-order valence-electron chi connectivity index (χ4n) is 1.72. The standard InChI is InChI=1S/C8H13N2/c1-2-4-8-7(3-1)5-6-9-10-8/h3,8,10H,1-2,4-6H2. The van der Waals surface area contributed by atoms with E-state index in [0.29, 0.717) is 6.04 Å². The molecule has 0 aromatic rings. The van der Waals surface area contributed by atoms with Crippen LogP contribution >= 0.6 is 0 Å². The maximum Gasteiger partial charge on any atom is 0.0438 e. The zero-order chi connectivity index (χ0) is 6.81. The van der Waals surface area contributed by atoms with Crippen molar-refractivity contribution in [1.29, 1.82) is 0 Å². The van der Waals surface area contributed by atoms with E-state index in [-0.39, 0.29) is 0 Å². The van der Waals surface area contributed by atoms with E-state index >= 15 is 0 Å². The maximum absolute atomic E-state index is 4.17. The minimum absolute atomic E-state index is 0.600. The highest BCUT2D eigenvalue weighted by Gasteiger charge is 2.20. The second-order valence-electron chi connectivity index (χ2n) is 3.02. The van der Waals surface area contributed by atoms with E-state index in [9.17, 15) is 0 Å². The third-order valence-electron chi connectivity index (χ3n) is 2.31. The van der Waals surface area contributed by atoms with Crippen LogP contribution in [-0.4, -0.2) is 12.6 Å². The minimum atomic E-state index is 0.600.